The monoisotopic (exact) mass is 238 g/mol. The summed E-state index contributed by atoms with van der Waals surface area (Å²) < 4.78 is 0. The van der Waals surface area contributed by atoms with Gasteiger partial charge in [-0.3, -0.25) is 0 Å². The molecule has 2 aliphatic rings. The summed E-state index contributed by atoms with van der Waals surface area (Å²) in [6.07, 6.45) is 5.59. The van der Waals surface area contributed by atoms with Gasteiger partial charge in [0.25, 0.3) is 0 Å². The largest absolute Gasteiger partial charge is 0.480 e. The predicted molar refractivity (Wildman–Crippen MR) is 62.7 cm³/mol. The molecule has 0 heterocycles. The number of hydrogen-bond donors (Lipinski definition) is 2. The van der Waals surface area contributed by atoms with Gasteiger partial charge in [0.05, 0.1) is 0 Å². The minimum Gasteiger partial charge on any atom is -0.480 e. The predicted octanol–water partition coefficient (Wildman–Crippen LogP) is 1.35. The van der Waals surface area contributed by atoms with Crippen molar-refractivity contribution in [1.29, 1.82) is 0 Å². The molecule has 5 nitrogen and oxygen atoms in total. The van der Waals surface area contributed by atoms with Crippen LogP contribution in [-0.2, 0) is 4.79 Å². The molecule has 2 amide bonds. The molecule has 0 spiro atoms. The molecule has 2 aliphatic carbocycles. The summed E-state index contributed by atoms with van der Waals surface area (Å²) in [7, 11) is 0. The van der Waals surface area contributed by atoms with Crippen LogP contribution in [0.2, 0.25) is 0 Å². The summed E-state index contributed by atoms with van der Waals surface area (Å²) >= 11 is 0. The van der Waals surface area contributed by atoms with Crippen LogP contribution in [0.3, 0.4) is 0 Å². The Balaban J connectivity index is 1.98. The highest BCUT2D eigenvalue weighted by molar-refractivity contribution is 5.87. The molecular weight excluding hydrogens is 220 g/mol. The van der Waals surface area contributed by atoms with Gasteiger partial charge < -0.3 is 15.3 Å². The van der Waals surface area contributed by atoms with Crippen LogP contribution >= 0.6 is 0 Å². The summed E-state index contributed by atoms with van der Waals surface area (Å²) in [5.41, 5.74) is -1.02. The van der Waals surface area contributed by atoms with E-state index >= 15 is 0 Å². The number of urea groups is 1. The lowest BCUT2D eigenvalue weighted by molar-refractivity contribution is -0.148. The fraction of sp³-hybridized carbons (Fsp3) is 0.667. The third-order valence-electron chi connectivity index (χ3n) is 3.54. The van der Waals surface area contributed by atoms with Crippen LogP contribution in [0.15, 0.2) is 12.7 Å². The van der Waals surface area contributed by atoms with E-state index in [1.54, 1.807) is 11.0 Å². The van der Waals surface area contributed by atoms with Crippen LogP contribution in [0.1, 0.15) is 32.1 Å². The highest BCUT2D eigenvalue weighted by atomic mass is 16.4. The Labute approximate surface area is 100 Å². The van der Waals surface area contributed by atoms with Crippen LogP contribution in [0.4, 0.5) is 4.79 Å². The third-order valence-corrected chi connectivity index (χ3v) is 3.54. The zero-order valence-corrected chi connectivity index (χ0v) is 9.82. The zero-order chi connectivity index (χ0) is 12.5. The normalized spacial score (nSPS) is 21.2. The fourth-order valence-corrected chi connectivity index (χ4v) is 2.12. The Hall–Kier alpha value is -1.52. The van der Waals surface area contributed by atoms with Crippen LogP contribution in [0, 0.1) is 0 Å². The molecule has 0 saturated heterocycles. The maximum Gasteiger partial charge on any atom is 0.329 e. The minimum absolute atomic E-state index is 0.263. The van der Waals surface area contributed by atoms with Gasteiger partial charge in [0, 0.05) is 12.6 Å². The van der Waals surface area contributed by atoms with Crippen molar-refractivity contribution in [1.82, 2.24) is 10.2 Å². The van der Waals surface area contributed by atoms with Gasteiger partial charge in [-0.2, -0.15) is 0 Å². The number of aliphatic carboxylic acids is 1. The van der Waals surface area contributed by atoms with Crippen molar-refractivity contribution in [2.75, 3.05) is 6.54 Å². The molecule has 94 valence electrons. The molecule has 2 rings (SSSR count). The van der Waals surface area contributed by atoms with Gasteiger partial charge in [0.2, 0.25) is 0 Å². The number of carbonyl (C=O) groups excluding carboxylic acids is 1. The molecule has 0 atom stereocenters. The van der Waals surface area contributed by atoms with Crippen molar-refractivity contribution in [2.45, 2.75) is 43.7 Å². The van der Waals surface area contributed by atoms with Crippen molar-refractivity contribution in [3.05, 3.63) is 12.7 Å². The lowest BCUT2D eigenvalue weighted by atomic mass is 9.77. The van der Waals surface area contributed by atoms with E-state index in [9.17, 15) is 9.59 Å². The van der Waals surface area contributed by atoms with Gasteiger partial charge in [-0.25, -0.2) is 9.59 Å². The molecule has 17 heavy (non-hydrogen) atoms. The van der Waals surface area contributed by atoms with E-state index in [0.717, 1.165) is 19.3 Å². The van der Waals surface area contributed by atoms with Crippen molar-refractivity contribution in [3.8, 4) is 0 Å². The molecule has 0 unspecified atom stereocenters. The second-order valence-electron chi connectivity index (χ2n) is 4.84. The van der Waals surface area contributed by atoms with Crippen LogP contribution in [0.25, 0.3) is 0 Å². The fourth-order valence-electron chi connectivity index (χ4n) is 2.12. The van der Waals surface area contributed by atoms with E-state index < -0.39 is 11.5 Å². The smallest absolute Gasteiger partial charge is 0.329 e. The number of amides is 2. The number of carboxylic acid groups (broad SMARTS) is 1. The molecule has 0 bridgehead atoms. The zero-order valence-electron chi connectivity index (χ0n) is 9.82. The van der Waals surface area contributed by atoms with Crippen LogP contribution < -0.4 is 5.32 Å². The Morgan fingerprint density at radius 3 is 2.47 bits per heavy atom. The number of rotatable bonds is 5. The standard InChI is InChI=1S/C12H18N2O3/c1-2-8-14(9-4-5-9)11(17)13-12(10(15)16)6-3-7-12/h2,9H,1,3-8H2,(H,13,17)(H,15,16). The molecular formula is C12H18N2O3. The number of nitrogens with zero attached hydrogens (tertiary/aromatic N) is 1. The lowest BCUT2D eigenvalue weighted by Gasteiger charge is -2.39. The molecule has 0 aliphatic heterocycles. The maximum atomic E-state index is 12.0. The Morgan fingerprint density at radius 2 is 2.12 bits per heavy atom. The average Bonchev–Trinajstić information content (AvgIpc) is 3.02. The lowest BCUT2D eigenvalue weighted by Crippen LogP contribution is -2.61. The number of nitrogens with one attached hydrogen (secondary N) is 1. The third kappa shape index (κ3) is 2.28. The molecule has 0 radical (unpaired) electrons. The van der Waals surface area contributed by atoms with Gasteiger partial charge >= 0.3 is 12.0 Å². The Kier molecular flexibility index (Phi) is 3.09. The summed E-state index contributed by atoms with van der Waals surface area (Å²) in [6, 6.07) is -0.00609. The van der Waals surface area contributed by atoms with Crippen molar-refractivity contribution in [2.24, 2.45) is 0 Å². The molecule has 0 aromatic heterocycles. The maximum absolute atomic E-state index is 12.0. The Bertz CT molecular complexity index is 346. The Morgan fingerprint density at radius 1 is 1.47 bits per heavy atom. The van der Waals surface area contributed by atoms with Crippen molar-refractivity contribution < 1.29 is 14.7 Å². The quantitative estimate of drug-likeness (QED) is 0.710. The molecule has 2 N–H and O–H groups in total. The average molecular weight is 238 g/mol. The van der Waals surface area contributed by atoms with E-state index in [0.29, 0.717) is 19.4 Å². The van der Waals surface area contributed by atoms with E-state index in [1.807, 2.05) is 0 Å². The van der Waals surface area contributed by atoms with E-state index in [2.05, 4.69) is 11.9 Å². The topological polar surface area (TPSA) is 69.6 Å². The molecule has 2 saturated carbocycles. The van der Waals surface area contributed by atoms with Gasteiger partial charge in [-0.05, 0) is 32.1 Å². The highest BCUT2D eigenvalue weighted by Gasteiger charge is 2.47. The first kappa shape index (κ1) is 12.0. The summed E-state index contributed by atoms with van der Waals surface area (Å²) in [4.78, 5) is 24.9. The van der Waals surface area contributed by atoms with Gasteiger partial charge in [-0.1, -0.05) is 6.08 Å². The molecule has 0 aromatic rings. The van der Waals surface area contributed by atoms with Gasteiger partial charge in [0.1, 0.15) is 5.54 Å². The summed E-state index contributed by atoms with van der Waals surface area (Å²) in [6.45, 7) is 4.10. The van der Waals surface area contributed by atoms with Crippen molar-refractivity contribution in [3.63, 3.8) is 0 Å². The second-order valence-corrected chi connectivity index (χ2v) is 4.84. The minimum atomic E-state index is -1.02. The number of carbonyl (C=O) groups is 2. The number of hydrogen-bond acceptors (Lipinski definition) is 2. The van der Waals surface area contributed by atoms with Crippen molar-refractivity contribution >= 4 is 12.0 Å². The second kappa shape index (κ2) is 4.39. The summed E-state index contributed by atoms with van der Waals surface area (Å²) in [5.74, 6) is -0.925. The first-order valence-electron chi connectivity index (χ1n) is 6.02. The van der Waals surface area contributed by atoms with E-state index in [1.165, 1.54) is 0 Å². The van der Waals surface area contributed by atoms with Gasteiger partial charge in [0.15, 0.2) is 0 Å². The molecule has 5 heteroatoms. The van der Waals surface area contributed by atoms with E-state index in [4.69, 9.17) is 5.11 Å². The first-order chi connectivity index (χ1) is 8.09. The van der Waals surface area contributed by atoms with Gasteiger partial charge in [-0.15, -0.1) is 6.58 Å². The number of carboxylic acids is 1. The molecule has 2 fully saturated rings. The van der Waals surface area contributed by atoms with E-state index in [-0.39, 0.29) is 12.1 Å². The van der Waals surface area contributed by atoms with Crippen LogP contribution in [0.5, 0.6) is 0 Å². The van der Waals surface area contributed by atoms with Crippen LogP contribution in [-0.4, -0.2) is 40.1 Å². The first-order valence-corrected chi connectivity index (χ1v) is 6.02. The SMILES string of the molecule is C=CCN(C(=O)NC1(C(=O)O)CCC1)C1CC1. The highest BCUT2D eigenvalue weighted by Crippen LogP contribution is 2.33. The molecule has 0 aromatic carbocycles. The summed E-state index contributed by atoms with van der Waals surface area (Å²) in [5, 5.41) is 11.8.